The lowest BCUT2D eigenvalue weighted by Crippen LogP contribution is -2.45. The molecule has 0 saturated carbocycles. The number of para-hydroxylation sites is 1. The van der Waals surface area contributed by atoms with Crippen molar-refractivity contribution in [2.75, 3.05) is 38.1 Å². The number of hydrogen-bond acceptors (Lipinski definition) is 3. The summed E-state index contributed by atoms with van der Waals surface area (Å²) in [5, 5.41) is 3.16. The summed E-state index contributed by atoms with van der Waals surface area (Å²) in [4.78, 5) is 17.8. The zero-order valence-electron chi connectivity index (χ0n) is 18.8. The van der Waals surface area contributed by atoms with Gasteiger partial charge in [-0.3, -0.25) is 4.79 Å². The minimum absolute atomic E-state index is 0.0133. The van der Waals surface area contributed by atoms with E-state index in [1.165, 1.54) is 16.8 Å². The molecule has 162 valence electrons. The smallest absolute Gasteiger partial charge is 0.253 e. The predicted octanol–water partition coefficient (Wildman–Crippen LogP) is 3.84. The number of hydrogen-bond donors (Lipinski definition) is 1. The minimum atomic E-state index is -0.0133. The van der Waals surface area contributed by atoms with Gasteiger partial charge < -0.3 is 19.7 Å². The van der Waals surface area contributed by atoms with Crippen LogP contribution in [0.2, 0.25) is 0 Å². The first kappa shape index (κ1) is 21.2. The van der Waals surface area contributed by atoms with Crippen molar-refractivity contribution in [1.29, 1.82) is 0 Å². The second-order valence-electron chi connectivity index (χ2n) is 8.46. The molecule has 31 heavy (non-hydrogen) atoms. The number of anilines is 1. The molecule has 1 amide bonds. The molecular weight excluding hydrogens is 384 g/mol. The number of amides is 1. The Morgan fingerprint density at radius 2 is 1.61 bits per heavy atom. The predicted molar refractivity (Wildman–Crippen MR) is 127 cm³/mol. The van der Waals surface area contributed by atoms with Crippen LogP contribution in [-0.2, 0) is 13.1 Å². The number of aromatic nitrogens is 1. The van der Waals surface area contributed by atoms with Crippen molar-refractivity contribution in [3.63, 3.8) is 0 Å². The molecule has 1 aliphatic rings. The Labute approximate surface area is 185 Å². The van der Waals surface area contributed by atoms with Crippen LogP contribution in [-0.4, -0.2) is 48.6 Å². The summed E-state index contributed by atoms with van der Waals surface area (Å²) in [6.45, 7) is 9.56. The van der Waals surface area contributed by atoms with Crippen molar-refractivity contribution < 1.29 is 4.79 Å². The second kappa shape index (κ2) is 9.40. The van der Waals surface area contributed by atoms with Crippen LogP contribution in [0, 0.1) is 13.8 Å². The number of piperazine rings is 1. The lowest BCUT2D eigenvalue weighted by molar-refractivity contribution is 0.0950. The van der Waals surface area contributed by atoms with Crippen LogP contribution in [0.15, 0.2) is 60.7 Å². The highest BCUT2D eigenvalue weighted by Crippen LogP contribution is 2.22. The first-order chi connectivity index (χ1) is 15.0. The Kier molecular flexibility index (Phi) is 6.42. The fourth-order valence-corrected chi connectivity index (χ4v) is 4.33. The molecule has 2 heterocycles. The number of rotatable bonds is 6. The first-order valence-corrected chi connectivity index (χ1v) is 11.0. The average molecular weight is 417 g/mol. The first-order valence-electron chi connectivity index (χ1n) is 11.0. The Morgan fingerprint density at radius 3 is 2.35 bits per heavy atom. The van der Waals surface area contributed by atoms with Gasteiger partial charge in [-0.15, -0.1) is 0 Å². The summed E-state index contributed by atoms with van der Waals surface area (Å²) in [5.41, 5.74) is 6.49. The number of aryl methyl sites for hydroxylation is 1. The van der Waals surface area contributed by atoms with Crippen LogP contribution >= 0.6 is 0 Å². The van der Waals surface area contributed by atoms with Gasteiger partial charge in [0.05, 0.1) is 5.56 Å². The van der Waals surface area contributed by atoms with E-state index in [4.69, 9.17) is 0 Å². The van der Waals surface area contributed by atoms with Gasteiger partial charge in [-0.05, 0) is 44.2 Å². The molecule has 4 rings (SSSR count). The SMILES string of the molecule is Cc1cc(C(=O)NCc2ccccc2N2CCN(C)CC2)c(C)n1Cc1ccccc1. The number of likely N-dealkylation sites (N-methyl/N-ethyl adjacent to an activating group) is 1. The molecule has 1 saturated heterocycles. The van der Waals surface area contributed by atoms with Gasteiger partial charge in [-0.2, -0.15) is 0 Å². The maximum Gasteiger partial charge on any atom is 0.253 e. The minimum Gasteiger partial charge on any atom is -0.369 e. The normalized spacial score (nSPS) is 14.6. The van der Waals surface area contributed by atoms with Crippen LogP contribution in [0.25, 0.3) is 0 Å². The molecule has 1 aliphatic heterocycles. The molecular formula is C26H32N4O. The quantitative estimate of drug-likeness (QED) is 0.664. The van der Waals surface area contributed by atoms with E-state index >= 15 is 0 Å². The third-order valence-corrected chi connectivity index (χ3v) is 6.28. The van der Waals surface area contributed by atoms with Crippen LogP contribution in [0.4, 0.5) is 5.69 Å². The topological polar surface area (TPSA) is 40.5 Å². The largest absolute Gasteiger partial charge is 0.369 e. The van der Waals surface area contributed by atoms with E-state index in [0.717, 1.165) is 49.7 Å². The lowest BCUT2D eigenvalue weighted by atomic mass is 10.1. The summed E-state index contributed by atoms with van der Waals surface area (Å²) >= 11 is 0. The third-order valence-electron chi connectivity index (χ3n) is 6.28. The number of carbonyl (C=O) groups is 1. The molecule has 2 aromatic carbocycles. The number of nitrogens with one attached hydrogen (secondary N) is 1. The van der Waals surface area contributed by atoms with Crippen molar-refractivity contribution in [2.24, 2.45) is 0 Å². The average Bonchev–Trinajstić information content (AvgIpc) is 3.07. The molecule has 1 aromatic heterocycles. The number of benzene rings is 2. The van der Waals surface area contributed by atoms with Gasteiger partial charge in [0.15, 0.2) is 0 Å². The molecule has 0 radical (unpaired) electrons. The van der Waals surface area contributed by atoms with Gasteiger partial charge in [0.1, 0.15) is 0 Å². The summed E-state index contributed by atoms with van der Waals surface area (Å²) < 4.78 is 2.21. The highest BCUT2D eigenvalue weighted by Gasteiger charge is 2.19. The standard InChI is InChI=1S/C26H32N4O/c1-20-17-24(21(2)30(20)19-22-9-5-4-6-10-22)26(31)27-18-23-11-7-8-12-25(23)29-15-13-28(3)14-16-29/h4-12,17H,13-16,18-19H2,1-3H3,(H,27,31). The van der Waals surface area contributed by atoms with E-state index in [2.05, 4.69) is 76.1 Å². The summed E-state index contributed by atoms with van der Waals surface area (Å²) in [6, 6.07) is 20.8. The van der Waals surface area contributed by atoms with Crippen molar-refractivity contribution in [2.45, 2.75) is 26.9 Å². The molecule has 0 bridgehead atoms. The molecule has 1 N–H and O–H groups in total. The van der Waals surface area contributed by atoms with Gasteiger partial charge in [0.2, 0.25) is 0 Å². The van der Waals surface area contributed by atoms with Crippen molar-refractivity contribution >= 4 is 11.6 Å². The summed E-state index contributed by atoms with van der Waals surface area (Å²) in [6.07, 6.45) is 0. The Hall–Kier alpha value is -3.05. The van der Waals surface area contributed by atoms with Crippen molar-refractivity contribution in [1.82, 2.24) is 14.8 Å². The lowest BCUT2D eigenvalue weighted by Gasteiger charge is -2.35. The Balaban J connectivity index is 1.46. The molecule has 5 nitrogen and oxygen atoms in total. The second-order valence-corrected chi connectivity index (χ2v) is 8.46. The van der Waals surface area contributed by atoms with Crippen molar-refractivity contribution in [3.05, 3.63) is 88.7 Å². The van der Waals surface area contributed by atoms with Crippen molar-refractivity contribution in [3.8, 4) is 0 Å². The fourth-order valence-electron chi connectivity index (χ4n) is 4.33. The van der Waals surface area contributed by atoms with Gasteiger partial charge in [-0.1, -0.05) is 48.5 Å². The summed E-state index contributed by atoms with van der Waals surface area (Å²) in [5.74, 6) is -0.0133. The Morgan fingerprint density at radius 1 is 0.935 bits per heavy atom. The van der Waals surface area contributed by atoms with E-state index in [9.17, 15) is 4.79 Å². The van der Waals surface area contributed by atoms with E-state index in [1.54, 1.807) is 0 Å². The van der Waals surface area contributed by atoms with Gasteiger partial charge >= 0.3 is 0 Å². The third kappa shape index (κ3) is 4.83. The molecule has 0 aliphatic carbocycles. The maximum absolute atomic E-state index is 13.0. The van der Waals surface area contributed by atoms with E-state index in [0.29, 0.717) is 6.54 Å². The van der Waals surface area contributed by atoms with Crippen LogP contribution in [0.3, 0.4) is 0 Å². The molecule has 0 unspecified atom stereocenters. The van der Waals surface area contributed by atoms with Crippen LogP contribution in [0.5, 0.6) is 0 Å². The molecule has 0 spiro atoms. The van der Waals surface area contributed by atoms with Gasteiger partial charge in [0, 0.05) is 56.3 Å². The van der Waals surface area contributed by atoms with E-state index < -0.39 is 0 Å². The highest BCUT2D eigenvalue weighted by atomic mass is 16.1. The summed E-state index contributed by atoms with van der Waals surface area (Å²) in [7, 11) is 2.16. The van der Waals surface area contributed by atoms with E-state index in [1.807, 2.05) is 25.1 Å². The van der Waals surface area contributed by atoms with Crippen LogP contribution in [0.1, 0.15) is 32.9 Å². The zero-order valence-corrected chi connectivity index (χ0v) is 18.8. The molecule has 5 heteroatoms. The molecule has 1 fully saturated rings. The fraction of sp³-hybridized carbons (Fsp3) is 0.346. The highest BCUT2D eigenvalue weighted by molar-refractivity contribution is 5.95. The number of nitrogens with zero attached hydrogens (tertiary/aromatic N) is 3. The number of carbonyl (C=O) groups excluding carboxylic acids is 1. The molecule has 3 aromatic rings. The zero-order chi connectivity index (χ0) is 21.8. The van der Waals surface area contributed by atoms with Gasteiger partial charge in [0.25, 0.3) is 5.91 Å². The molecule has 0 atom stereocenters. The Bertz CT molecular complexity index is 1030. The van der Waals surface area contributed by atoms with E-state index in [-0.39, 0.29) is 5.91 Å². The van der Waals surface area contributed by atoms with Gasteiger partial charge in [-0.25, -0.2) is 0 Å². The monoisotopic (exact) mass is 416 g/mol. The maximum atomic E-state index is 13.0. The van der Waals surface area contributed by atoms with Crippen LogP contribution < -0.4 is 10.2 Å².